The third kappa shape index (κ3) is 3.71. The van der Waals surface area contributed by atoms with Gasteiger partial charge in [0.1, 0.15) is 11.4 Å². The second-order valence-electron chi connectivity index (χ2n) is 8.10. The number of fused-ring (bicyclic) bond motifs is 1. The fourth-order valence-electron chi connectivity index (χ4n) is 4.24. The highest BCUT2D eigenvalue weighted by Gasteiger charge is 2.15. The van der Waals surface area contributed by atoms with E-state index in [-0.39, 0.29) is 0 Å². The maximum absolute atomic E-state index is 4.67. The van der Waals surface area contributed by atoms with E-state index in [4.69, 9.17) is 0 Å². The summed E-state index contributed by atoms with van der Waals surface area (Å²) in [5.74, 6) is 0. The highest BCUT2D eigenvalue weighted by Crippen LogP contribution is 2.31. The van der Waals surface area contributed by atoms with Crippen molar-refractivity contribution in [3.05, 3.63) is 134 Å². The summed E-state index contributed by atoms with van der Waals surface area (Å²) in [6, 6.07) is 37.3. The molecule has 0 aliphatic carbocycles. The van der Waals surface area contributed by atoms with Crippen molar-refractivity contribution in [2.45, 2.75) is 0 Å². The molecule has 0 radical (unpaired) electrons. The summed E-state index contributed by atoms with van der Waals surface area (Å²) >= 11 is 0. The van der Waals surface area contributed by atoms with Gasteiger partial charge in [-0.2, -0.15) is 9.13 Å². The topological polar surface area (TPSA) is 33.5 Å². The van der Waals surface area contributed by atoms with Crippen LogP contribution in [0, 0.1) is 0 Å². The van der Waals surface area contributed by atoms with Crippen LogP contribution in [0.5, 0.6) is 0 Å². The fraction of sp³-hybridized carbons (Fsp3) is 0. The van der Waals surface area contributed by atoms with Crippen LogP contribution < -0.4 is 9.13 Å². The first-order valence-electron chi connectivity index (χ1n) is 11.3. The summed E-state index contributed by atoms with van der Waals surface area (Å²) in [5, 5.41) is 11.5. The lowest BCUT2D eigenvalue weighted by atomic mass is 10.0. The maximum atomic E-state index is 4.67. The molecule has 0 spiro atoms. The molecule has 0 bridgehead atoms. The number of hydrogen-bond acceptors (Lipinski definition) is 2. The Morgan fingerprint density at radius 3 is 1.12 bits per heavy atom. The molecule has 3 aromatic carbocycles. The van der Waals surface area contributed by atoms with Crippen LogP contribution in [0.3, 0.4) is 0 Å². The van der Waals surface area contributed by atoms with Crippen LogP contribution in [0.4, 0.5) is 0 Å². The lowest BCUT2D eigenvalue weighted by molar-refractivity contribution is -0.595. The van der Waals surface area contributed by atoms with E-state index in [1.165, 1.54) is 0 Å². The lowest BCUT2D eigenvalue weighted by Crippen LogP contribution is -2.29. The molecule has 0 saturated carbocycles. The zero-order valence-corrected chi connectivity index (χ0v) is 18.5. The molecular weight excluding hydrogens is 416 g/mol. The van der Waals surface area contributed by atoms with Crippen molar-refractivity contribution < 1.29 is 9.13 Å². The van der Waals surface area contributed by atoms with Crippen molar-refractivity contribution in [1.29, 1.82) is 0 Å². The molecule has 4 heteroatoms. The second-order valence-corrected chi connectivity index (χ2v) is 8.10. The number of nitrogens with zero attached hydrogens (tertiary/aromatic N) is 4. The third-order valence-electron chi connectivity index (χ3n) is 6.00. The highest BCUT2D eigenvalue weighted by molar-refractivity contribution is 6.01. The van der Waals surface area contributed by atoms with Gasteiger partial charge in [-0.15, -0.1) is 10.2 Å². The Hall–Kier alpha value is -4.70. The summed E-state index contributed by atoms with van der Waals surface area (Å²) in [7, 11) is 0. The van der Waals surface area contributed by atoms with Crippen LogP contribution in [0.1, 0.15) is 0 Å². The van der Waals surface area contributed by atoms with Gasteiger partial charge in [-0.3, -0.25) is 0 Å². The SMILES string of the molecule is c1ccc(-[n+]2ccc(-c3nnc(-c4cc[n+](-c5ccccc5)cc4)c4ccccc34)cc2)cc1. The smallest absolute Gasteiger partial charge is 0.167 e. The van der Waals surface area contributed by atoms with Crippen LogP contribution in [0.2, 0.25) is 0 Å². The van der Waals surface area contributed by atoms with Gasteiger partial charge < -0.3 is 0 Å². The molecule has 0 unspecified atom stereocenters. The fourth-order valence-corrected chi connectivity index (χ4v) is 4.24. The molecule has 3 heterocycles. The minimum Gasteiger partial charge on any atom is -0.167 e. The van der Waals surface area contributed by atoms with Crippen LogP contribution in [-0.2, 0) is 0 Å². The third-order valence-corrected chi connectivity index (χ3v) is 6.00. The van der Waals surface area contributed by atoms with Gasteiger partial charge in [0.05, 0.1) is 0 Å². The Balaban J connectivity index is 1.39. The van der Waals surface area contributed by atoms with E-state index in [2.05, 4.69) is 117 Å². The minimum atomic E-state index is 0.884. The van der Waals surface area contributed by atoms with Crippen molar-refractivity contribution in [2.24, 2.45) is 0 Å². The molecule has 0 fully saturated rings. The molecule has 160 valence electrons. The largest absolute Gasteiger partial charge is 0.210 e. The molecule has 0 saturated heterocycles. The first-order chi connectivity index (χ1) is 16.9. The summed E-state index contributed by atoms with van der Waals surface area (Å²) in [5.41, 5.74) is 6.09. The van der Waals surface area contributed by atoms with Crippen molar-refractivity contribution >= 4 is 10.8 Å². The zero-order valence-electron chi connectivity index (χ0n) is 18.5. The minimum absolute atomic E-state index is 0.884. The van der Waals surface area contributed by atoms with Gasteiger partial charge in [-0.25, -0.2) is 0 Å². The van der Waals surface area contributed by atoms with Gasteiger partial charge in [0.15, 0.2) is 24.8 Å². The van der Waals surface area contributed by atoms with Crippen LogP contribution in [0.25, 0.3) is 44.7 Å². The van der Waals surface area contributed by atoms with Crippen molar-refractivity contribution in [3.63, 3.8) is 0 Å². The Bertz CT molecular complexity index is 1440. The number of aromatic nitrogens is 4. The standard InChI is InChI=1S/C30H22N4/c1-3-9-25(10-4-1)33-19-15-23(16-20-33)29-27-13-7-8-14-28(27)30(32-31-29)24-17-21-34(22-18-24)26-11-5-2-6-12-26/h1-22H/q+2. The van der Waals surface area contributed by atoms with Gasteiger partial charge in [0, 0.05) is 70.4 Å². The molecule has 0 N–H and O–H groups in total. The predicted molar refractivity (Wildman–Crippen MR) is 133 cm³/mol. The number of benzene rings is 3. The predicted octanol–water partition coefficient (Wildman–Crippen LogP) is 5.52. The Morgan fingerprint density at radius 1 is 0.382 bits per heavy atom. The lowest BCUT2D eigenvalue weighted by Gasteiger charge is -2.09. The molecule has 34 heavy (non-hydrogen) atoms. The van der Waals surface area contributed by atoms with Crippen LogP contribution in [0.15, 0.2) is 134 Å². The van der Waals surface area contributed by atoms with Gasteiger partial charge in [0.25, 0.3) is 0 Å². The van der Waals surface area contributed by atoms with Gasteiger partial charge in [-0.1, -0.05) is 60.7 Å². The number of hydrogen-bond donors (Lipinski definition) is 0. The van der Waals surface area contributed by atoms with E-state index in [9.17, 15) is 0 Å². The van der Waals surface area contributed by atoms with E-state index in [0.29, 0.717) is 0 Å². The molecule has 0 aliphatic rings. The normalized spacial score (nSPS) is 10.9. The summed E-state index contributed by atoms with van der Waals surface area (Å²) < 4.78 is 4.19. The van der Waals surface area contributed by atoms with E-state index in [1.54, 1.807) is 0 Å². The number of pyridine rings is 2. The summed E-state index contributed by atoms with van der Waals surface area (Å²) in [6.45, 7) is 0. The number of rotatable bonds is 4. The van der Waals surface area contributed by atoms with Gasteiger partial charge >= 0.3 is 0 Å². The first kappa shape index (κ1) is 19.9. The van der Waals surface area contributed by atoms with Gasteiger partial charge in [-0.05, 0) is 0 Å². The maximum Gasteiger partial charge on any atom is 0.210 e. The van der Waals surface area contributed by atoms with Crippen LogP contribution >= 0.6 is 0 Å². The number of para-hydroxylation sites is 2. The Labute approximate surface area is 198 Å². The molecule has 0 atom stereocenters. The van der Waals surface area contributed by atoms with E-state index in [1.807, 2.05) is 36.4 Å². The summed E-state index contributed by atoms with van der Waals surface area (Å²) in [6.07, 6.45) is 8.26. The second kappa shape index (κ2) is 8.68. The Morgan fingerprint density at radius 2 is 0.735 bits per heavy atom. The average Bonchev–Trinajstić information content (AvgIpc) is 2.94. The monoisotopic (exact) mass is 438 g/mol. The zero-order chi connectivity index (χ0) is 22.7. The molecule has 0 aliphatic heterocycles. The molecule has 4 nitrogen and oxygen atoms in total. The molecule has 6 rings (SSSR count). The van der Waals surface area contributed by atoms with E-state index < -0.39 is 0 Å². The van der Waals surface area contributed by atoms with E-state index >= 15 is 0 Å². The summed E-state index contributed by atoms with van der Waals surface area (Å²) in [4.78, 5) is 0. The molecule has 6 aromatic rings. The molecule has 3 aromatic heterocycles. The van der Waals surface area contributed by atoms with Crippen molar-refractivity contribution in [1.82, 2.24) is 10.2 Å². The molecule has 0 amide bonds. The van der Waals surface area contributed by atoms with Crippen molar-refractivity contribution in [2.75, 3.05) is 0 Å². The highest BCUT2D eigenvalue weighted by atomic mass is 15.1. The van der Waals surface area contributed by atoms with Crippen molar-refractivity contribution in [3.8, 4) is 33.9 Å². The quantitative estimate of drug-likeness (QED) is 0.340. The van der Waals surface area contributed by atoms with Crippen LogP contribution in [-0.4, -0.2) is 10.2 Å². The first-order valence-corrected chi connectivity index (χ1v) is 11.3. The average molecular weight is 439 g/mol. The molecular formula is C30H22N4+2. The van der Waals surface area contributed by atoms with Gasteiger partial charge in [0.2, 0.25) is 11.4 Å². The Kier molecular flexibility index (Phi) is 5.09. The van der Waals surface area contributed by atoms with E-state index in [0.717, 1.165) is 44.7 Å².